The number of phenols is 1. The highest BCUT2D eigenvalue weighted by molar-refractivity contribution is 5.94. The third-order valence-corrected chi connectivity index (χ3v) is 6.00. The number of carboxylic acids is 1. The van der Waals surface area contributed by atoms with Crippen molar-refractivity contribution in [1.82, 2.24) is 15.1 Å². The van der Waals surface area contributed by atoms with Gasteiger partial charge in [0.15, 0.2) is 5.69 Å². The Hall–Kier alpha value is -3.29. The smallest absolute Gasteiger partial charge is 0.305 e. The molecule has 0 saturated carbocycles. The number of rotatable bonds is 9. The number of phenolic OH excluding ortho intramolecular Hbond substituents is 1. The van der Waals surface area contributed by atoms with Crippen molar-refractivity contribution < 1.29 is 24.5 Å². The Labute approximate surface area is 200 Å². The summed E-state index contributed by atoms with van der Waals surface area (Å²) in [6.07, 6.45) is 9.79. The standard InChI is InChI=1S/C26H35N3O5/c1-17(2)14-18(15-24(31)32)27-26(33)20-16-21(25-22(30)12-9-13-23(25)34-3)29(28-20)19-10-7-5-4-6-8-11-19/h7,9-10,12-13,16-19,30H,4-6,8,11,14-15H2,1-3H3,(H,27,33)(H,31,32)/b10-7-/t18-,19?/m0/s1. The number of aromatic nitrogens is 2. The van der Waals surface area contributed by atoms with Crippen molar-refractivity contribution in [2.45, 2.75) is 70.9 Å². The lowest BCUT2D eigenvalue weighted by atomic mass is 10.0. The number of hydrogen-bond acceptors (Lipinski definition) is 5. The number of ether oxygens (including phenoxy) is 1. The molecule has 1 aliphatic carbocycles. The van der Waals surface area contributed by atoms with Gasteiger partial charge in [0.05, 0.1) is 30.8 Å². The fraction of sp³-hybridized carbons (Fsp3) is 0.500. The minimum absolute atomic E-state index is 0.0332. The van der Waals surface area contributed by atoms with Gasteiger partial charge < -0.3 is 20.3 Å². The van der Waals surface area contributed by atoms with E-state index in [9.17, 15) is 19.8 Å². The van der Waals surface area contributed by atoms with E-state index in [0.29, 0.717) is 23.4 Å². The van der Waals surface area contributed by atoms with Crippen LogP contribution in [0.5, 0.6) is 11.5 Å². The summed E-state index contributed by atoms with van der Waals surface area (Å²) in [5.41, 5.74) is 1.22. The van der Waals surface area contributed by atoms with Gasteiger partial charge in [0.2, 0.25) is 0 Å². The van der Waals surface area contributed by atoms with E-state index in [-0.39, 0.29) is 29.8 Å². The zero-order valence-electron chi connectivity index (χ0n) is 20.2. The maximum Gasteiger partial charge on any atom is 0.305 e. The van der Waals surface area contributed by atoms with Gasteiger partial charge in [-0.25, -0.2) is 0 Å². The Kier molecular flexibility index (Phi) is 8.73. The second-order valence-electron chi connectivity index (χ2n) is 9.25. The molecule has 0 bridgehead atoms. The molecule has 0 spiro atoms. The van der Waals surface area contributed by atoms with Crippen molar-refractivity contribution in [2.75, 3.05) is 7.11 Å². The number of aliphatic carboxylic acids is 1. The summed E-state index contributed by atoms with van der Waals surface area (Å²) in [6.45, 7) is 3.97. The average Bonchev–Trinajstić information content (AvgIpc) is 3.17. The van der Waals surface area contributed by atoms with Gasteiger partial charge in [-0.1, -0.05) is 44.9 Å². The number of nitrogens with zero attached hydrogens (tertiary/aromatic N) is 2. The first-order valence-corrected chi connectivity index (χ1v) is 11.9. The van der Waals surface area contributed by atoms with E-state index >= 15 is 0 Å². The third kappa shape index (κ3) is 6.40. The van der Waals surface area contributed by atoms with Crippen molar-refractivity contribution in [2.24, 2.45) is 5.92 Å². The lowest BCUT2D eigenvalue weighted by molar-refractivity contribution is -0.137. The molecule has 2 aromatic rings. The van der Waals surface area contributed by atoms with Crippen molar-refractivity contribution in [3.63, 3.8) is 0 Å². The molecule has 0 aliphatic heterocycles. The molecule has 1 aromatic carbocycles. The maximum atomic E-state index is 13.2. The summed E-state index contributed by atoms with van der Waals surface area (Å²) < 4.78 is 7.29. The topological polar surface area (TPSA) is 114 Å². The van der Waals surface area contributed by atoms with Gasteiger partial charge in [-0.15, -0.1) is 0 Å². The first kappa shape index (κ1) is 25.3. The highest BCUT2D eigenvalue weighted by Crippen LogP contribution is 2.40. The quantitative estimate of drug-likeness (QED) is 0.448. The number of amides is 1. The minimum Gasteiger partial charge on any atom is -0.507 e. The van der Waals surface area contributed by atoms with Crippen LogP contribution < -0.4 is 10.1 Å². The number of aromatic hydroxyl groups is 1. The number of benzene rings is 1. The van der Waals surface area contributed by atoms with Crippen molar-refractivity contribution in [1.29, 1.82) is 0 Å². The minimum atomic E-state index is -0.962. The average molecular weight is 470 g/mol. The van der Waals surface area contributed by atoms with Crippen LogP contribution in [0.2, 0.25) is 0 Å². The number of methoxy groups -OCH3 is 1. The van der Waals surface area contributed by atoms with Gasteiger partial charge >= 0.3 is 5.97 Å². The largest absolute Gasteiger partial charge is 0.507 e. The van der Waals surface area contributed by atoms with Gasteiger partial charge in [0, 0.05) is 6.04 Å². The second kappa shape index (κ2) is 11.7. The van der Waals surface area contributed by atoms with Gasteiger partial charge in [0.1, 0.15) is 11.5 Å². The Morgan fingerprint density at radius 2 is 2.06 bits per heavy atom. The van der Waals surface area contributed by atoms with E-state index in [0.717, 1.165) is 32.1 Å². The zero-order valence-corrected chi connectivity index (χ0v) is 20.2. The molecule has 0 saturated heterocycles. The van der Waals surface area contributed by atoms with Crippen molar-refractivity contribution in [3.8, 4) is 22.8 Å². The van der Waals surface area contributed by atoms with Crippen LogP contribution in [0.25, 0.3) is 11.3 Å². The molecule has 3 rings (SSSR count). The Morgan fingerprint density at radius 3 is 2.76 bits per heavy atom. The molecule has 34 heavy (non-hydrogen) atoms. The van der Waals surface area contributed by atoms with Crippen LogP contribution in [0.4, 0.5) is 0 Å². The first-order chi connectivity index (χ1) is 16.3. The predicted octanol–water partition coefficient (Wildman–Crippen LogP) is 4.94. The summed E-state index contributed by atoms with van der Waals surface area (Å²) in [4.78, 5) is 24.5. The molecule has 0 radical (unpaired) electrons. The van der Waals surface area contributed by atoms with Crippen LogP contribution in [-0.2, 0) is 4.79 Å². The molecule has 1 unspecified atom stereocenters. The van der Waals surface area contributed by atoms with Crippen molar-refractivity contribution >= 4 is 11.9 Å². The van der Waals surface area contributed by atoms with E-state index in [1.807, 2.05) is 13.8 Å². The predicted molar refractivity (Wildman–Crippen MR) is 130 cm³/mol. The highest BCUT2D eigenvalue weighted by Gasteiger charge is 2.26. The summed E-state index contributed by atoms with van der Waals surface area (Å²) in [5, 5.41) is 27.4. The van der Waals surface area contributed by atoms with Crippen LogP contribution in [0.15, 0.2) is 36.4 Å². The molecule has 8 heteroatoms. The number of allylic oxidation sites excluding steroid dienone is 2. The third-order valence-electron chi connectivity index (χ3n) is 6.00. The first-order valence-electron chi connectivity index (χ1n) is 11.9. The Bertz CT molecular complexity index is 1030. The molecule has 0 fully saturated rings. The molecule has 184 valence electrons. The number of nitrogens with one attached hydrogen (secondary N) is 1. The van der Waals surface area contributed by atoms with E-state index in [1.165, 1.54) is 7.11 Å². The van der Waals surface area contributed by atoms with Crippen LogP contribution in [-0.4, -0.2) is 45.0 Å². The van der Waals surface area contributed by atoms with E-state index in [2.05, 4.69) is 22.6 Å². The van der Waals surface area contributed by atoms with Crippen LogP contribution in [0, 0.1) is 5.92 Å². The molecule has 1 heterocycles. The normalized spacial score (nSPS) is 18.1. The number of hydrogen-bond donors (Lipinski definition) is 3. The molecule has 1 aliphatic rings. The Balaban J connectivity index is 2.03. The molecule has 1 amide bonds. The van der Waals surface area contributed by atoms with Gasteiger partial charge in [-0.3, -0.25) is 14.3 Å². The summed E-state index contributed by atoms with van der Waals surface area (Å²) in [6, 6.07) is 6.10. The maximum absolute atomic E-state index is 13.2. The molecule has 3 N–H and O–H groups in total. The second-order valence-corrected chi connectivity index (χ2v) is 9.25. The molecule has 2 atom stereocenters. The number of carbonyl (C=O) groups excluding carboxylic acids is 1. The Morgan fingerprint density at radius 1 is 1.26 bits per heavy atom. The zero-order chi connectivity index (χ0) is 24.7. The van der Waals surface area contributed by atoms with Gasteiger partial charge in [0.25, 0.3) is 5.91 Å². The molecular formula is C26H35N3O5. The monoisotopic (exact) mass is 469 g/mol. The van der Waals surface area contributed by atoms with Gasteiger partial charge in [-0.05, 0) is 49.8 Å². The molecular weight excluding hydrogens is 434 g/mol. The molecule has 8 nitrogen and oxygen atoms in total. The van der Waals surface area contributed by atoms with Crippen LogP contribution in [0.1, 0.15) is 75.3 Å². The van der Waals surface area contributed by atoms with Crippen LogP contribution in [0.3, 0.4) is 0 Å². The highest BCUT2D eigenvalue weighted by atomic mass is 16.5. The lowest BCUT2D eigenvalue weighted by Gasteiger charge is -2.20. The summed E-state index contributed by atoms with van der Waals surface area (Å²) in [7, 11) is 1.53. The van der Waals surface area contributed by atoms with E-state index in [4.69, 9.17) is 4.74 Å². The van der Waals surface area contributed by atoms with E-state index in [1.54, 1.807) is 28.9 Å². The van der Waals surface area contributed by atoms with Gasteiger partial charge in [-0.2, -0.15) is 5.10 Å². The lowest BCUT2D eigenvalue weighted by Crippen LogP contribution is -2.37. The summed E-state index contributed by atoms with van der Waals surface area (Å²) in [5.74, 6) is -0.660. The molecule has 1 aromatic heterocycles. The van der Waals surface area contributed by atoms with Crippen molar-refractivity contribution in [3.05, 3.63) is 42.1 Å². The summed E-state index contributed by atoms with van der Waals surface area (Å²) >= 11 is 0. The fourth-order valence-corrected chi connectivity index (χ4v) is 4.47. The number of carboxylic acid groups (broad SMARTS) is 1. The fourth-order valence-electron chi connectivity index (χ4n) is 4.47. The van der Waals surface area contributed by atoms with Crippen LogP contribution >= 0.6 is 0 Å². The van der Waals surface area contributed by atoms with E-state index < -0.39 is 17.9 Å². The SMILES string of the molecule is COc1cccc(O)c1-c1cc(C(=O)N[C@H](CC(=O)O)CC(C)C)nn1C1/C=C\CCCCC1. The number of carbonyl (C=O) groups is 2.